The van der Waals surface area contributed by atoms with E-state index in [4.69, 9.17) is 15.2 Å². The third-order valence-corrected chi connectivity index (χ3v) is 4.59. The van der Waals surface area contributed by atoms with Crippen molar-refractivity contribution in [1.29, 1.82) is 0 Å². The number of imidazole rings is 1. The zero-order chi connectivity index (χ0) is 17.1. The number of hydrogen-bond donors (Lipinski definition) is 1. The van der Waals surface area contributed by atoms with Crippen LogP contribution in [-0.4, -0.2) is 47.6 Å². The molecule has 3 heterocycles. The van der Waals surface area contributed by atoms with Crippen molar-refractivity contribution in [3.05, 3.63) is 18.0 Å². The van der Waals surface area contributed by atoms with E-state index >= 15 is 0 Å². The highest BCUT2D eigenvalue weighted by molar-refractivity contribution is 5.58. The number of nitrogens with zero attached hydrogens (tertiary/aromatic N) is 3. The second kappa shape index (κ2) is 7.30. The first-order chi connectivity index (χ1) is 11.6. The molecule has 6 heteroatoms. The number of nitrogen functional groups attached to an aromatic ring is 1. The molecule has 0 saturated carbocycles. The summed E-state index contributed by atoms with van der Waals surface area (Å²) in [7, 11) is 1.66. The Morgan fingerprint density at radius 1 is 1.25 bits per heavy atom. The van der Waals surface area contributed by atoms with Gasteiger partial charge in [-0.3, -0.25) is 4.40 Å². The van der Waals surface area contributed by atoms with Crippen LogP contribution in [0, 0.1) is 0 Å². The molecular formula is C18H28N4O2. The Morgan fingerprint density at radius 3 is 2.67 bits per heavy atom. The minimum absolute atomic E-state index is 0.289. The van der Waals surface area contributed by atoms with Crippen molar-refractivity contribution in [1.82, 2.24) is 14.3 Å². The van der Waals surface area contributed by atoms with Crippen LogP contribution in [-0.2, 0) is 0 Å². The van der Waals surface area contributed by atoms with Gasteiger partial charge in [-0.1, -0.05) is 13.8 Å². The topological polar surface area (TPSA) is 65.0 Å². The second-order valence-electron chi connectivity index (χ2n) is 6.72. The van der Waals surface area contributed by atoms with Crippen LogP contribution in [0.25, 0.3) is 5.65 Å². The van der Waals surface area contributed by atoms with Crippen molar-refractivity contribution < 1.29 is 9.47 Å². The summed E-state index contributed by atoms with van der Waals surface area (Å²) in [4.78, 5) is 6.95. The number of anilines is 1. The van der Waals surface area contributed by atoms with Crippen molar-refractivity contribution in [3.8, 4) is 11.5 Å². The fourth-order valence-electron chi connectivity index (χ4n) is 3.40. The molecule has 1 aliphatic heterocycles. The summed E-state index contributed by atoms with van der Waals surface area (Å²) in [5.74, 6) is 2.30. The average Bonchev–Trinajstić information content (AvgIpc) is 3.16. The van der Waals surface area contributed by atoms with E-state index in [1.54, 1.807) is 7.11 Å². The number of likely N-dealkylation sites (tertiary alicyclic amines) is 1. The largest absolute Gasteiger partial charge is 0.491 e. The summed E-state index contributed by atoms with van der Waals surface area (Å²) in [6, 6.07) is 1.91. The van der Waals surface area contributed by atoms with Gasteiger partial charge in [0.05, 0.1) is 25.6 Å². The van der Waals surface area contributed by atoms with Gasteiger partial charge < -0.3 is 20.1 Å². The Hall–Kier alpha value is -1.95. The zero-order valence-corrected chi connectivity index (χ0v) is 14.9. The third kappa shape index (κ3) is 3.43. The van der Waals surface area contributed by atoms with Crippen LogP contribution in [0.5, 0.6) is 11.5 Å². The summed E-state index contributed by atoms with van der Waals surface area (Å²) in [6.45, 7) is 8.43. The van der Waals surface area contributed by atoms with Gasteiger partial charge in [0.15, 0.2) is 11.5 Å². The predicted octanol–water partition coefficient (Wildman–Crippen LogP) is 2.91. The van der Waals surface area contributed by atoms with Crippen molar-refractivity contribution in [3.63, 3.8) is 0 Å². The summed E-state index contributed by atoms with van der Waals surface area (Å²) in [5, 5.41) is 0. The minimum atomic E-state index is 0.289. The molecule has 0 unspecified atom stereocenters. The standard InChI is InChI=1S/C18H28N4O2/c1-13(2)17-18(19)20-16-11-14(15(23-3)12-22(16)17)24-10-6-9-21-7-4-5-8-21/h11-13H,4-10,19H2,1-3H3. The number of pyridine rings is 1. The van der Waals surface area contributed by atoms with E-state index in [2.05, 4.69) is 23.7 Å². The summed E-state index contributed by atoms with van der Waals surface area (Å²) in [6.07, 6.45) is 5.58. The Kier molecular flexibility index (Phi) is 5.14. The van der Waals surface area contributed by atoms with E-state index in [0.717, 1.165) is 30.1 Å². The van der Waals surface area contributed by atoms with E-state index in [1.165, 1.54) is 25.9 Å². The quantitative estimate of drug-likeness (QED) is 0.790. The average molecular weight is 332 g/mol. The Morgan fingerprint density at radius 2 is 2.00 bits per heavy atom. The minimum Gasteiger partial charge on any atom is -0.491 e. The molecule has 1 saturated heterocycles. The lowest BCUT2D eigenvalue weighted by Gasteiger charge is -2.16. The monoisotopic (exact) mass is 332 g/mol. The second-order valence-corrected chi connectivity index (χ2v) is 6.72. The number of ether oxygens (including phenoxy) is 2. The Labute approximate surface area is 143 Å². The maximum absolute atomic E-state index is 6.07. The van der Waals surface area contributed by atoms with Crippen LogP contribution in [0.2, 0.25) is 0 Å². The number of hydrogen-bond acceptors (Lipinski definition) is 5. The van der Waals surface area contributed by atoms with Crippen LogP contribution < -0.4 is 15.2 Å². The van der Waals surface area contributed by atoms with Gasteiger partial charge in [0, 0.05) is 12.6 Å². The fraction of sp³-hybridized carbons (Fsp3) is 0.611. The molecule has 6 nitrogen and oxygen atoms in total. The van der Waals surface area contributed by atoms with Gasteiger partial charge in [-0.2, -0.15) is 0 Å². The highest BCUT2D eigenvalue weighted by Gasteiger charge is 2.17. The molecule has 132 valence electrons. The molecular weight excluding hydrogens is 304 g/mol. The zero-order valence-electron chi connectivity index (χ0n) is 14.9. The van der Waals surface area contributed by atoms with Crippen LogP contribution in [0.1, 0.15) is 44.7 Å². The van der Waals surface area contributed by atoms with Gasteiger partial charge in [-0.05, 0) is 38.3 Å². The molecule has 0 aromatic carbocycles. The number of rotatable bonds is 7. The van der Waals surface area contributed by atoms with E-state index in [-0.39, 0.29) is 5.92 Å². The van der Waals surface area contributed by atoms with Crippen LogP contribution in [0.3, 0.4) is 0 Å². The molecule has 1 fully saturated rings. The van der Waals surface area contributed by atoms with Gasteiger partial charge in [-0.25, -0.2) is 4.98 Å². The van der Waals surface area contributed by atoms with Crippen LogP contribution >= 0.6 is 0 Å². The maximum Gasteiger partial charge on any atom is 0.177 e. The predicted molar refractivity (Wildman–Crippen MR) is 96.0 cm³/mol. The Balaban J connectivity index is 1.72. The summed E-state index contributed by atoms with van der Waals surface area (Å²) in [5.41, 5.74) is 7.87. The normalized spacial score (nSPS) is 15.5. The van der Waals surface area contributed by atoms with Gasteiger partial charge in [0.2, 0.25) is 0 Å². The molecule has 0 spiro atoms. The van der Waals surface area contributed by atoms with E-state index in [9.17, 15) is 0 Å². The van der Waals surface area contributed by atoms with Crippen molar-refractivity contribution in [2.45, 2.75) is 39.0 Å². The molecule has 24 heavy (non-hydrogen) atoms. The highest BCUT2D eigenvalue weighted by atomic mass is 16.5. The molecule has 0 radical (unpaired) electrons. The van der Waals surface area contributed by atoms with Gasteiger partial charge in [0.1, 0.15) is 11.5 Å². The Bertz CT molecular complexity index is 690. The lowest BCUT2D eigenvalue weighted by atomic mass is 10.1. The smallest absolute Gasteiger partial charge is 0.177 e. The SMILES string of the molecule is COc1cn2c(C(C)C)c(N)nc2cc1OCCCN1CCCC1. The maximum atomic E-state index is 6.07. The molecule has 1 aliphatic rings. The first kappa shape index (κ1) is 16.9. The molecule has 2 N–H and O–H groups in total. The van der Waals surface area contributed by atoms with E-state index in [1.807, 2.05) is 16.7 Å². The van der Waals surface area contributed by atoms with Gasteiger partial charge in [-0.15, -0.1) is 0 Å². The molecule has 0 aliphatic carbocycles. The lowest BCUT2D eigenvalue weighted by Crippen LogP contribution is -2.21. The number of nitrogens with two attached hydrogens (primary N) is 1. The van der Waals surface area contributed by atoms with Crippen LogP contribution in [0.4, 0.5) is 5.82 Å². The van der Waals surface area contributed by atoms with Gasteiger partial charge in [0.25, 0.3) is 0 Å². The molecule has 2 aromatic rings. The molecule has 3 rings (SSSR count). The highest BCUT2D eigenvalue weighted by Crippen LogP contribution is 2.32. The molecule has 0 atom stereocenters. The molecule has 0 amide bonds. The van der Waals surface area contributed by atoms with E-state index < -0.39 is 0 Å². The van der Waals surface area contributed by atoms with E-state index in [0.29, 0.717) is 18.2 Å². The van der Waals surface area contributed by atoms with Crippen molar-refractivity contribution in [2.24, 2.45) is 0 Å². The number of fused-ring (bicyclic) bond motifs is 1. The van der Waals surface area contributed by atoms with Crippen molar-refractivity contribution in [2.75, 3.05) is 39.1 Å². The van der Waals surface area contributed by atoms with Crippen molar-refractivity contribution >= 4 is 11.5 Å². The molecule has 0 bridgehead atoms. The fourth-order valence-corrected chi connectivity index (χ4v) is 3.40. The van der Waals surface area contributed by atoms with Crippen LogP contribution in [0.15, 0.2) is 12.3 Å². The number of aromatic nitrogens is 2. The summed E-state index contributed by atoms with van der Waals surface area (Å²) < 4.78 is 13.5. The molecule has 2 aromatic heterocycles. The third-order valence-electron chi connectivity index (χ3n) is 4.59. The number of methoxy groups -OCH3 is 1. The lowest BCUT2D eigenvalue weighted by molar-refractivity contribution is 0.254. The first-order valence-electron chi connectivity index (χ1n) is 8.80. The van der Waals surface area contributed by atoms with Gasteiger partial charge >= 0.3 is 0 Å². The summed E-state index contributed by atoms with van der Waals surface area (Å²) >= 11 is 0. The first-order valence-corrected chi connectivity index (χ1v) is 8.80.